The Morgan fingerprint density at radius 1 is 1.48 bits per heavy atom. The summed E-state index contributed by atoms with van der Waals surface area (Å²) in [5.74, 6) is 1.28. The van der Waals surface area contributed by atoms with E-state index in [9.17, 15) is 4.79 Å². The van der Waals surface area contributed by atoms with Gasteiger partial charge in [0.15, 0.2) is 0 Å². The highest BCUT2D eigenvalue weighted by atomic mass is 35.5. The number of amides is 1. The number of carbonyl (C=O) groups is 1. The Bertz CT molecular complexity index is 652. The van der Waals surface area contributed by atoms with E-state index in [2.05, 4.69) is 10.3 Å². The van der Waals surface area contributed by atoms with E-state index in [4.69, 9.17) is 16.3 Å². The van der Waals surface area contributed by atoms with Gasteiger partial charge in [-0.05, 0) is 32.9 Å². The number of halogens is 1. The number of nitrogens with one attached hydrogen (secondary N) is 1. The molecule has 0 bridgehead atoms. The maximum atomic E-state index is 12.0. The van der Waals surface area contributed by atoms with Gasteiger partial charge in [-0.15, -0.1) is 11.6 Å². The van der Waals surface area contributed by atoms with Crippen LogP contribution in [-0.2, 0) is 4.79 Å². The van der Waals surface area contributed by atoms with Crippen LogP contribution in [0.1, 0.15) is 38.0 Å². The van der Waals surface area contributed by atoms with Crippen LogP contribution in [0.15, 0.2) is 18.2 Å². The second kappa shape index (κ2) is 6.35. The van der Waals surface area contributed by atoms with Crippen molar-refractivity contribution in [3.8, 4) is 5.75 Å². The second-order valence-corrected chi connectivity index (χ2v) is 5.46. The van der Waals surface area contributed by atoms with Gasteiger partial charge < -0.3 is 14.6 Å². The third-order valence-electron chi connectivity index (χ3n) is 3.38. The Morgan fingerprint density at radius 3 is 2.76 bits per heavy atom. The van der Waals surface area contributed by atoms with Crippen molar-refractivity contribution in [2.24, 2.45) is 0 Å². The van der Waals surface area contributed by atoms with Crippen LogP contribution in [0.2, 0.25) is 0 Å². The zero-order valence-corrected chi connectivity index (χ0v) is 13.4. The average Bonchev–Trinajstić information content (AvgIpc) is 2.86. The molecule has 0 aliphatic heterocycles. The molecule has 1 aromatic carbocycles. The smallest absolute Gasteiger partial charge is 0.242 e. The number of ether oxygens (including phenoxy) is 1. The average molecular weight is 310 g/mol. The van der Waals surface area contributed by atoms with Gasteiger partial charge in [-0.25, -0.2) is 4.98 Å². The summed E-state index contributed by atoms with van der Waals surface area (Å²) >= 11 is 6.25. The quantitative estimate of drug-likeness (QED) is 0.864. The number of hydrogen-bond donors (Lipinski definition) is 1. The fourth-order valence-corrected chi connectivity index (χ4v) is 2.55. The molecular formula is C15H20ClN3O2. The molecule has 2 unspecified atom stereocenters. The molecular weight excluding hydrogens is 290 g/mol. The minimum atomic E-state index is -0.395. The lowest BCUT2D eigenvalue weighted by atomic mass is 10.2. The van der Waals surface area contributed by atoms with E-state index in [1.165, 1.54) is 0 Å². The zero-order valence-electron chi connectivity index (χ0n) is 12.7. The van der Waals surface area contributed by atoms with Crippen LogP contribution in [0.3, 0.4) is 0 Å². The largest absolute Gasteiger partial charge is 0.492 e. The summed E-state index contributed by atoms with van der Waals surface area (Å²) in [6.45, 7) is 6.16. The molecule has 5 nitrogen and oxygen atoms in total. The van der Waals surface area contributed by atoms with Crippen LogP contribution >= 0.6 is 11.6 Å². The number of imidazole rings is 1. The zero-order chi connectivity index (χ0) is 15.6. The number of alkyl halides is 1. The lowest BCUT2D eigenvalue weighted by Crippen LogP contribution is -2.28. The molecule has 2 aromatic rings. The summed E-state index contributed by atoms with van der Waals surface area (Å²) in [7, 11) is 1.62. The van der Waals surface area contributed by atoms with Crippen molar-refractivity contribution in [1.82, 2.24) is 14.9 Å². The van der Waals surface area contributed by atoms with Gasteiger partial charge in [-0.3, -0.25) is 4.79 Å². The number of hydrogen-bond acceptors (Lipinski definition) is 3. The molecule has 1 N–H and O–H groups in total. The van der Waals surface area contributed by atoms with Crippen LogP contribution in [0, 0.1) is 0 Å². The highest BCUT2D eigenvalue weighted by Crippen LogP contribution is 2.32. The van der Waals surface area contributed by atoms with Crippen LogP contribution in [0.5, 0.6) is 5.75 Å². The number of likely N-dealkylation sites (N-methyl/N-ethyl adjacent to an activating group) is 1. The van der Waals surface area contributed by atoms with Crippen molar-refractivity contribution < 1.29 is 9.53 Å². The van der Waals surface area contributed by atoms with Crippen molar-refractivity contribution in [3.63, 3.8) is 0 Å². The predicted molar refractivity (Wildman–Crippen MR) is 83.9 cm³/mol. The lowest BCUT2D eigenvalue weighted by Gasteiger charge is -2.17. The second-order valence-electron chi connectivity index (χ2n) is 4.80. The summed E-state index contributed by atoms with van der Waals surface area (Å²) < 4.78 is 7.48. The molecule has 0 aliphatic rings. The number of carbonyl (C=O) groups excluding carboxylic acids is 1. The van der Waals surface area contributed by atoms with Gasteiger partial charge in [0, 0.05) is 7.05 Å². The van der Waals surface area contributed by atoms with E-state index in [1.807, 2.05) is 43.5 Å². The van der Waals surface area contributed by atoms with E-state index in [0.29, 0.717) is 18.2 Å². The van der Waals surface area contributed by atoms with Gasteiger partial charge in [0.05, 0.1) is 17.5 Å². The van der Waals surface area contributed by atoms with E-state index >= 15 is 0 Å². The molecule has 6 heteroatoms. The predicted octanol–water partition coefficient (Wildman–Crippen LogP) is 3.04. The van der Waals surface area contributed by atoms with Crippen molar-refractivity contribution >= 4 is 28.5 Å². The summed E-state index contributed by atoms with van der Waals surface area (Å²) in [5.41, 5.74) is 1.58. The Labute approximate surface area is 129 Å². The monoisotopic (exact) mass is 309 g/mol. The molecule has 0 saturated carbocycles. The molecule has 0 radical (unpaired) electrons. The van der Waals surface area contributed by atoms with Crippen LogP contribution in [0.4, 0.5) is 0 Å². The number of aromatic nitrogens is 2. The molecule has 0 saturated heterocycles. The van der Waals surface area contributed by atoms with E-state index in [1.54, 1.807) is 7.05 Å². The number of rotatable bonds is 5. The molecule has 2 rings (SSSR count). The van der Waals surface area contributed by atoms with Gasteiger partial charge >= 0.3 is 0 Å². The van der Waals surface area contributed by atoms with Gasteiger partial charge in [-0.1, -0.05) is 6.07 Å². The summed E-state index contributed by atoms with van der Waals surface area (Å²) in [4.78, 5) is 16.6. The van der Waals surface area contributed by atoms with Crippen molar-refractivity contribution in [2.45, 2.75) is 32.2 Å². The Morgan fingerprint density at radius 2 is 2.19 bits per heavy atom. The first-order chi connectivity index (χ1) is 10.0. The summed E-state index contributed by atoms with van der Waals surface area (Å²) in [5, 5.41) is 2.36. The van der Waals surface area contributed by atoms with E-state index in [-0.39, 0.29) is 11.3 Å². The first-order valence-electron chi connectivity index (χ1n) is 7.00. The Balaban J connectivity index is 2.69. The van der Waals surface area contributed by atoms with Crippen LogP contribution in [0.25, 0.3) is 11.0 Å². The minimum Gasteiger partial charge on any atom is -0.492 e. The number of para-hydroxylation sites is 1. The number of fused-ring (bicyclic) bond motifs is 1. The molecule has 2 atom stereocenters. The first-order valence-corrected chi connectivity index (χ1v) is 7.44. The molecule has 1 heterocycles. The number of benzene rings is 1. The third kappa shape index (κ3) is 2.83. The maximum Gasteiger partial charge on any atom is 0.242 e. The van der Waals surface area contributed by atoms with E-state index in [0.717, 1.165) is 11.0 Å². The Hall–Kier alpha value is -1.75. The fraction of sp³-hybridized carbons (Fsp3) is 0.467. The van der Waals surface area contributed by atoms with Crippen LogP contribution < -0.4 is 10.1 Å². The maximum absolute atomic E-state index is 12.0. The van der Waals surface area contributed by atoms with Gasteiger partial charge in [-0.2, -0.15) is 0 Å². The normalized spacial score (nSPS) is 14.0. The van der Waals surface area contributed by atoms with Crippen molar-refractivity contribution in [3.05, 3.63) is 24.0 Å². The highest BCUT2D eigenvalue weighted by Gasteiger charge is 2.24. The van der Waals surface area contributed by atoms with Crippen molar-refractivity contribution in [2.75, 3.05) is 13.7 Å². The Kier molecular flexibility index (Phi) is 4.73. The lowest BCUT2D eigenvalue weighted by molar-refractivity contribution is -0.123. The molecule has 0 fully saturated rings. The van der Waals surface area contributed by atoms with E-state index < -0.39 is 6.04 Å². The fourth-order valence-electron chi connectivity index (χ4n) is 2.40. The minimum absolute atomic E-state index is 0.0883. The van der Waals surface area contributed by atoms with Crippen LogP contribution in [-0.4, -0.2) is 29.1 Å². The standard InChI is InChI=1S/C15H20ClN3O2/c1-5-21-12-8-6-7-11-13(12)18-14(9(2)16)19(11)10(3)15(20)17-4/h6-10H,5H2,1-4H3,(H,17,20). The first kappa shape index (κ1) is 15.6. The van der Waals surface area contributed by atoms with Crippen molar-refractivity contribution in [1.29, 1.82) is 0 Å². The van der Waals surface area contributed by atoms with Gasteiger partial charge in [0.2, 0.25) is 5.91 Å². The number of nitrogens with zero attached hydrogens (tertiary/aromatic N) is 2. The molecule has 1 amide bonds. The molecule has 1 aromatic heterocycles. The molecule has 114 valence electrons. The van der Waals surface area contributed by atoms with Gasteiger partial charge in [0.25, 0.3) is 0 Å². The topological polar surface area (TPSA) is 56.2 Å². The third-order valence-corrected chi connectivity index (χ3v) is 3.57. The van der Waals surface area contributed by atoms with Gasteiger partial charge in [0.1, 0.15) is 23.1 Å². The SMILES string of the molecule is CCOc1cccc2c1nc(C(C)Cl)n2C(C)C(=O)NC. The molecule has 0 spiro atoms. The molecule has 0 aliphatic carbocycles. The summed E-state index contributed by atoms with van der Waals surface area (Å²) in [6, 6.07) is 5.29. The highest BCUT2D eigenvalue weighted by molar-refractivity contribution is 6.20. The molecule has 21 heavy (non-hydrogen) atoms. The summed E-state index contributed by atoms with van der Waals surface area (Å²) in [6.07, 6.45) is 0.